The highest BCUT2D eigenvalue weighted by atomic mass is 16.6. The van der Waals surface area contributed by atoms with E-state index < -0.39 is 16.6 Å². The van der Waals surface area contributed by atoms with E-state index in [9.17, 15) is 14.9 Å². The average molecular weight is 481 g/mol. The lowest BCUT2D eigenvalue weighted by Gasteiger charge is -2.19. The number of anilines is 3. The Morgan fingerprint density at radius 2 is 1.89 bits per heavy atom. The number of amides is 1. The third kappa shape index (κ3) is 7.20. The number of nitrogens with one attached hydrogen (secondary N) is 2. The molecule has 186 valence electrons. The highest BCUT2D eigenvalue weighted by molar-refractivity contribution is 5.91. The number of ether oxygens (including phenoxy) is 1. The van der Waals surface area contributed by atoms with Crippen LogP contribution in [0.2, 0.25) is 0 Å². The molecule has 0 aliphatic heterocycles. The molecule has 0 aliphatic carbocycles. The summed E-state index contributed by atoms with van der Waals surface area (Å²) in [5, 5.41) is 16.9. The molecule has 4 N–H and O–H groups in total. The van der Waals surface area contributed by atoms with E-state index in [-0.39, 0.29) is 11.5 Å². The van der Waals surface area contributed by atoms with Crippen LogP contribution in [0.4, 0.5) is 27.8 Å². The number of nitrogens with zero attached hydrogens (tertiary/aromatic N) is 3. The first-order valence-corrected chi connectivity index (χ1v) is 11.5. The number of carbonyl (C=O) groups excluding carboxylic acids is 1. The fourth-order valence-electron chi connectivity index (χ4n) is 3.50. The van der Waals surface area contributed by atoms with E-state index in [0.29, 0.717) is 24.6 Å². The number of hydrogen-bond donors (Lipinski definition) is 3. The van der Waals surface area contributed by atoms with Gasteiger partial charge in [0.25, 0.3) is 0 Å². The summed E-state index contributed by atoms with van der Waals surface area (Å²) in [7, 11) is 0. The smallest absolute Gasteiger partial charge is 0.412 e. The minimum Gasteiger partial charge on any atom is -0.444 e. The van der Waals surface area contributed by atoms with Crippen LogP contribution in [0.5, 0.6) is 0 Å². The molecular formula is C25H32N6O4. The van der Waals surface area contributed by atoms with Crippen molar-refractivity contribution in [3.05, 3.63) is 64.5 Å². The second kappa shape index (κ2) is 10.9. The summed E-state index contributed by atoms with van der Waals surface area (Å²) in [6.07, 6.45) is 5.07. The monoisotopic (exact) mass is 480 g/mol. The van der Waals surface area contributed by atoms with E-state index >= 15 is 0 Å². The van der Waals surface area contributed by atoms with E-state index in [1.807, 2.05) is 49.9 Å². The van der Waals surface area contributed by atoms with Crippen molar-refractivity contribution in [2.24, 2.45) is 0 Å². The zero-order chi connectivity index (χ0) is 25.6. The van der Waals surface area contributed by atoms with Crippen LogP contribution in [-0.2, 0) is 17.7 Å². The number of carbonyl (C=O) groups is 1. The van der Waals surface area contributed by atoms with Gasteiger partial charge in [0.15, 0.2) is 0 Å². The minimum atomic E-state index is -0.601. The van der Waals surface area contributed by atoms with Gasteiger partial charge in [0.05, 0.1) is 10.6 Å². The summed E-state index contributed by atoms with van der Waals surface area (Å²) in [4.78, 5) is 26.8. The fourth-order valence-corrected chi connectivity index (χ4v) is 3.50. The van der Waals surface area contributed by atoms with E-state index in [1.165, 1.54) is 17.7 Å². The maximum absolute atomic E-state index is 12.4. The number of nitrogen functional groups attached to an aromatic ring is 1. The molecule has 10 nitrogen and oxygen atoms in total. The molecule has 2 aromatic heterocycles. The SMILES string of the molecule is CCc1ccc(-c2cn(CCCNc3ccc([N+](=O)[O-])c(N)n3)cc2NC(=O)OC(C)(C)C)cc1. The van der Waals surface area contributed by atoms with Crippen LogP contribution < -0.4 is 16.4 Å². The second-order valence-electron chi connectivity index (χ2n) is 9.14. The topological polar surface area (TPSA) is 137 Å². The van der Waals surface area contributed by atoms with Crippen LogP contribution in [0.25, 0.3) is 11.1 Å². The Morgan fingerprint density at radius 1 is 1.17 bits per heavy atom. The molecule has 35 heavy (non-hydrogen) atoms. The van der Waals surface area contributed by atoms with Gasteiger partial charge in [-0.1, -0.05) is 31.2 Å². The van der Waals surface area contributed by atoms with Gasteiger partial charge in [-0.2, -0.15) is 0 Å². The number of pyridine rings is 1. The third-order valence-electron chi connectivity index (χ3n) is 5.19. The molecule has 0 saturated heterocycles. The molecule has 0 radical (unpaired) electrons. The van der Waals surface area contributed by atoms with Crippen molar-refractivity contribution in [2.45, 2.75) is 52.7 Å². The Balaban J connectivity index is 1.69. The van der Waals surface area contributed by atoms with Crippen LogP contribution in [-0.4, -0.2) is 32.7 Å². The summed E-state index contributed by atoms with van der Waals surface area (Å²) in [5.41, 5.74) is 8.63. The van der Waals surface area contributed by atoms with Crippen molar-refractivity contribution in [3.8, 4) is 11.1 Å². The van der Waals surface area contributed by atoms with Gasteiger partial charge >= 0.3 is 11.8 Å². The number of nitro groups is 1. The van der Waals surface area contributed by atoms with Crippen LogP contribution in [0.15, 0.2) is 48.8 Å². The Kier molecular flexibility index (Phi) is 7.95. The van der Waals surface area contributed by atoms with Crippen molar-refractivity contribution in [1.29, 1.82) is 0 Å². The number of nitrogens with two attached hydrogens (primary N) is 1. The number of hydrogen-bond acceptors (Lipinski definition) is 7. The summed E-state index contributed by atoms with van der Waals surface area (Å²) in [5.74, 6) is 0.353. The quantitative estimate of drug-likeness (QED) is 0.210. The molecule has 10 heteroatoms. The van der Waals surface area contributed by atoms with E-state index in [1.54, 1.807) is 0 Å². The zero-order valence-electron chi connectivity index (χ0n) is 20.5. The Bertz CT molecular complexity index is 1180. The predicted octanol–water partition coefficient (Wildman–Crippen LogP) is 5.45. The lowest BCUT2D eigenvalue weighted by Crippen LogP contribution is -2.27. The summed E-state index contributed by atoms with van der Waals surface area (Å²) >= 11 is 0. The van der Waals surface area contributed by atoms with Gasteiger partial charge in [0.2, 0.25) is 5.82 Å². The number of benzene rings is 1. The first-order chi connectivity index (χ1) is 16.6. The molecule has 3 rings (SSSR count). The Labute approximate surface area is 204 Å². The summed E-state index contributed by atoms with van der Waals surface area (Å²) < 4.78 is 7.44. The van der Waals surface area contributed by atoms with E-state index in [4.69, 9.17) is 10.5 Å². The molecule has 2 heterocycles. The minimum absolute atomic E-state index is 0.123. The highest BCUT2D eigenvalue weighted by Gasteiger charge is 2.19. The molecule has 0 saturated carbocycles. The zero-order valence-corrected chi connectivity index (χ0v) is 20.5. The largest absolute Gasteiger partial charge is 0.444 e. The molecule has 0 aliphatic rings. The molecule has 0 fully saturated rings. The summed E-state index contributed by atoms with van der Waals surface area (Å²) in [6, 6.07) is 11.1. The van der Waals surface area contributed by atoms with Gasteiger partial charge in [0.1, 0.15) is 11.4 Å². The molecular weight excluding hydrogens is 448 g/mol. The molecule has 1 amide bonds. The molecule has 0 spiro atoms. The number of rotatable bonds is 9. The van der Waals surface area contributed by atoms with E-state index in [2.05, 4.69) is 34.7 Å². The third-order valence-corrected chi connectivity index (χ3v) is 5.19. The maximum Gasteiger partial charge on any atom is 0.412 e. The van der Waals surface area contributed by atoms with E-state index in [0.717, 1.165) is 24.0 Å². The standard InChI is InChI=1S/C25H32N6O4/c1-5-17-7-9-18(10-8-17)19-15-30(16-20(19)28-24(32)35-25(2,3)4)14-6-13-27-22-12-11-21(31(33)34)23(26)29-22/h7-12,15-16H,5-6,13-14H2,1-4H3,(H,28,32)(H3,26,27,29). The van der Waals surface area contributed by atoms with Crippen molar-refractivity contribution in [2.75, 3.05) is 22.9 Å². The molecule has 3 aromatic rings. The van der Waals surface area contributed by atoms with Crippen molar-refractivity contribution in [1.82, 2.24) is 9.55 Å². The van der Waals surface area contributed by atoms with Crippen LogP contribution in [0.1, 0.15) is 39.7 Å². The van der Waals surface area contributed by atoms with Crippen LogP contribution >= 0.6 is 0 Å². The summed E-state index contributed by atoms with van der Waals surface area (Å²) in [6.45, 7) is 8.83. The van der Waals surface area contributed by atoms with Crippen molar-refractivity contribution in [3.63, 3.8) is 0 Å². The van der Waals surface area contributed by atoms with Gasteiger partial charge in [-0.15, -0.1) is 0 Å². The van der Waals surface area contributed by atoms with Crippen molar-refractivity contribution >= 4 is 29.1 Å². The Hall–Kier alpha value is -4.08. The molecule has 0 atom stereocenters. The normalized spacial score (nSPS) is 11.2. The van der Waals surface area contributed by atoms with Gasteiger partial charge < -0.3 is 20.4 Å². The number of aromatic nitrogens is 2. The van der Waals surface area contributed by atoms with Crippen LogP contribution in [0, 0.1) is 10.1 Å². The first-order valence-electron chi connectivity index (χ1n) is 11.5. The molecule has 0 bridgehead atoms. The van der Waals surface area contributed by atoms with Gasteiger partial charge in [-0.25, -0.2) is 9.78 Å². The van der Waals surface area contributed by atoms with Gasteiger partial charge in [-0.3, -0.25) is 15.4 Å². The Morgan fingerprint density at radius 3 is 2.49 bits per heavy atom. The maximum atomic E-state index is 12.4. The van der Waals surface area contributed by atoms with Gasteiger partial charge in [0, 0.05) is 37.1 Å². The fraction of sp³-hybridized carbons (Fsp3) is 0.360. The first kappa shape index (κ1) is 25.5. The molecule has 0 unspecified atom stereocenters. The predicted molar refractivity (Wildman–Crippen MR) is 138 cm³/mol. The number of aryl methyl sites for hydroxylation is 2. The lowest BCUT2D eigenvalue weighted by molar-refractivity contribution is -0.384. The second-order valence-corrected chi connectivity index (χ2v) is 9.14. The van der Waals surface area contributed by atoms with Crippen molar-refractivity contribution < 1.29 is 14.5 Å². The lowest BCUT2D eigenvalue weighted by atomic mass is 10.0. The van der Waals surface area contributed by atoms with Crippen LogP contribution in [0.3, 0.4) is 0 Å². The highest BCUT2D eigenvalue weighted by Crippen LogP contribution is 2.30. The molecule has 1 aromatic carbocycles. The average Bonchev–Trinajstić information content (AvgIpc) is 3.17. The van der Waals surface area contributed by atoms with Gasteiger partial charge in [-0.05, 0) is 50.8 Å².